The maximum Gasteiger partial charge on any atom is 0.320 e. The zero-order chi connectivity index (χ0) is 15.9. The Morgan fingerprint density at radius 3 is 2.43 bits per heavy atom. The summed E-state index contributed by atoms with van der Waals surface area (Å²) in [6.07, 6.45) is 3.73. The minimum Gasteiger partial charge on any atom is -0.325 e. The van der Waals surface area contributed by atoms with E-state index in [4.69, 9.17) is 0 Å². The Kier molecular flexibility index (Phi) is 3.51. The van der Waals surface area contributed by atoms with Crippen molar-refractivity contribution in [3.05, 3.63) is 30.3 Å². The molecule has 5 heteroatoms. The molecule has 0 saturated carbocycles. The van der Waals surface area contributed by atoms with Gasteiger partial charge < -0.3 is 14.7 Å². The summed E-state index contributed by atoms with van der Waals surface area (Å²) in [5.74, 6) is 0.187. The van der Waals surface area contributed by atoms with E-state index >= 15 is 0 Å². The van der Waals surface area contributed by atoms with E-state index in [0.29, 0.717) is 6.42 Å². The number of anilines is 1. The molecule has 0 bridgehead atoms. The molecule has 3 amide bonds. The van der Waals surface area contributed by atoms with Gasteiger partial charge in [0.2, 0.25) is 5.91 Å². The van der Waals surface area contributed by atoms with Gasteiger partial charge in [-0.25, -0.2) is 4.79 Å². The van der Waals surface area contributed by atoms with Crippen molar-refractivity contribution in [2.24, 2.45) is 5.41 Å². The quantitative estimate of drug-likeness (QED) is 0.799. The molecule has 0 unspecified atom stereocenters. The monoisotopic (exact) mass is 313 g/mol. The first-order valence-corrected chi connectivity index (χ1v) is 8.56. The van der Waals surface area contributed by atoms with Gasteiger partial charge in [0, 0.05) is 50.2 Å². The van der Waals surface area contributed by atoms with Crippen molar-refractivity contribution in [3.8, 4) is 0 Å². The Labute approximate surface area is 136 Å². The third-order valence-corrected chi connectivity index (χ3v) is 5.47. The van der Waals surface area contributed by atoms with Crippen LogP contribution in [0.15, 0.2) is 30.3 Å². The second-order valence-electron chi connectivity index (χ2n) is 7.14. The minimum atomic E-state index is -0.0533. The summed E-state index contributed by atoms with van der Waals surface area (Å²) in [6, 6.07) is 10.0. The molecule has 3 saturated heterocycles. The van der Waals surface area contributed by atoms with Gasteiger partial charge in [-0.2, -0.15) is 0 Å². The number of urea groups is 1. The van der Waals surface area contributed by atoms with Crippen LogP contribution < -0.4 is 4.90 Å². The molecular weight excluding hydrogens is 290 g/mol. The van der Waals surface area contributed by atoms with Gasteiger partial charge >= 0.3 is 6.03 Å². The zero-order valence-electron chi connectivity index (χ0n) is 13.4. The second kappa shape index (κ2) is 5.55. The highest BCUT2D eigenvalue weighted by Crippen LogP contribution is 2.42. The van der Waals surface area contributed by atoms with Gasteiger partial charge in [-0.3, -0.25) is 4.79 Å². The van der Waals surface area contributed by atoms with E-state index in [2.05, 4.69) is 0 Å². The molecule has 0 aromatic heterocycles. The molecule has 3 fully saturated rings. The summed E-state index contributed by atoms with van der Waals surface area (Å²) in [5, 5.41) is 0. The van der Waals surface area contributed by atoms with E-state index in [1.807, 2.05) is 45.0 Å². The molecule has 1 aromatic rings. The van der Waals surface area contributed by atoms with Gasteiger partial charge in [0.15, 0.2) is 0 Å². The van der Waals surface area contributed by atoms with Crippen LogP contribution in [-0.2, 0) is 4.79 Å². The Bertz CT molecular complexity index is 612. The largest absolute Gasteiger partial charge is 0.325 e. The van der Waals surface area contributed by atoms with Crippen molar-refractivity contribution in [2.75, 3.05) is 37.6 Å². The molecule has 1 aromatic carbocycles. The Balaban J connectivity index is 1.46. The van der Waals surface area contributed by atoms with Gasteiger partial charge in [0.25, 0.3) is 0 Å². The third-order valence-electron chi connectivity index (χ3n) is 5.47. The summed E-state index contributed by atoms with van der Waals surface area (Å²) in [7, 11) is 0. The maximum atomic E-state index is 12.6. The molecule has 0 N–H and O–H groups in total. The first kappa shape index (κ1) is 14.5. The Morgan fingerprint density at radius 2 is 1.70 bits per heavy atom. The van der Waals surface area contributed by atoms with Crippen LogP contribution in [-0.4, -0.2) is 54.5 Å². The fraction of sp³-hybridized carbons (Fsp3) is 0.556. The number of rotatable bonds is 1. The summed E-state index contributed by atoms with van der Waals surface area (Å²) < 4.78 is 0. The lowest BCUT2D eigenvalue weighted by Gasteiger charge is -2.27. The molecular formula is C18H23N3O2. The number of carbonyl (C=O) groups excluding carboxylic acids is 2. The topological polar surface area (TPSA) is 43.9 Å². The fourth-order valence-electron chi connectivity index (χ4n) is 4.22. The third kappa shape index (κ3) is 2.58. The molecule has 1 atom stereocenters. The van der Waals surface area contributed by atoms with E-state index in [0.717, 1.165) is 57.7 Å². The van der Waals surface area contributed by atoms with Gasteiger partial charge in [-0.05, 0) is 31.4 Å². The van der Waals surface area contributed by atoms with E-state index in [1.165, 1.54) is 0 Å². The summed E-state index contributed by atoms with van der Waals surface area (Å²) >= 11 is 0. The van der Waals surface area contributed by atoms with Crippen LogP contribution in [0, 0.1) is 5.41 Å². The number of nitrogens with zero attached hydrogens (tertiary/aromatic N) is 3. The number of benzene rings is 1. The zero-order valence-corrected chi connectivity index (χ0v) is 13.4. The molecule has 3 heterocycles. The summed E-state index contributed by atoms with van der Waals surface area (Å²) in [6.45, 7) is 4.01. The van der Waals surface area contributed by atoms with Crippen LogP contribution in [0.3, 0.4) is 0 Å². The minimum absolute atomic E-state index is 0.0533. The summed E-state index contributed by atoms with van der Waals surface area (Å²) in [4.78, 5) is 30.9. The number of para-hydroxylation sites is 1. The highest BCUT2D eigenvalue weighted by Gasteiger charge is 2.49. The fourth-order valence-corrected chi connectivity index (χ4v) is 4.22. The standard InChI is InChI=1S/C18H23N3O2/c22-16-12-18(14-21(16)15-6-2-1-3-7-15)8-11-20(13-18)17(23)19-9-4-5-10-19/h1-3,6-7H,4-5,8-14H2/t18-/m0/s1. The number of amides is 3. The lowest BCUT2D eigenvalue weighted by Crippen LogP contribution is -2.42. The first-order chi connectivity index (χ1) is 11.2. The van der Waals surface area contributed by atoms with Gasteiger partial charge in [0.1, 0.15) is 0 Å². The molecule has 1 spiro atoms. The molecule has 3 aliphatic rings. The van der Waals surface area contributed by atoms with Crippen LogP contribution in [0.5, 0.6) is 0 Å². The van der Waals surface area contributed by atoms with E-state index in [-0.39, 0.29) is 17.4 Å². The van der Waals surface area contributed by atoms with Crippen LogP contribution in [0.25, 0.3) is 0 Å². The SMILES string of the molecule is O=C(N1CCCC1)N1CC[C@]2(CC(=O)N(c3ccccc3)C2)C1. The van der Waals surface area contributed by atoms with E-state index in [1.54, 1.807) is 0 Å². The van der Waals surface area contributed by atoms with E-state index < -0.39 is 0 Å². The molecule has 0 aliphatic carbocycles. The van der Waals surface area contributed by atoms with Gasteiger partial charge in [-0.1, -0.05) is 18.2 Å². The number of likely N-dealkylation sites (tertiary alicyclic amines) is 2. The van der Waals surface area contributed by atoms with Gasteiger partial charge in [0.05, 0.1) is 0 Å². The Morgan fingerprint density at radius 1 is 0.957 bits per heavy atom. The average Bonchev–Trinajstić information content (AvgIpc) is 3.29. The number of carbonyl (C=O) groups is 2. The molecule has 23 heavy (non-hydrogen) atoms. The lowest BCUT2D eigenvalue weighted by molar-refractivity contribution is -0.117. The van der Waals surface area contributed by atoms with Crippen molar-refractivity contribution in [1.29, 1.82) is 0 Å². The van der Waals surface area contributed by atoms with Crippen molar-refractivity contribution >= 4 is 17.6 Å². The molecule has 4 rings (SSSR count). The van der Waals surface area contributed by atoms with Crippen LogP contribution in [0.2, 0.25) is 0 Å². The second-order valence-corrected chi connectivity index (χ2v) is 7.14. The number of hydrogen-bond acceptors (Lipinski definition) is 2. The average molecular weight is 313 g/mol. The normalized spacial score (nSPS) is 27.5. The first-order valence-electron chi connectivity index (χ1n) is 8.56. The van der Waals surface area contributed by atoms with Crippen molar-refractivity contribution < 1.29 is 9.59 Å². The van der Waals surface area contributed by atoms with E-state index in [9.17, 15) is 9.59 Å². The van der Waals surface area contributed by atoms with Crippen molar-refractivity contribution in [3.63, 3.8) is 0 Å². The van der Waals surface area contributed by atoms with Crippen LogP contribution >= 0.6 is 0 Å². The number of hydrogen-bond donors (Lipinski definition) is 0. The molecule has 0 radical (unpaired) electrons. The highest BCUT2D eigenvalue weighted by molar-refractivity contribution is 5.96. The predicted molar refractivity (Wildman–Crippen MR) is 88.2 cm³/mol. The van der Waals surface area contributed by atoms with Crippen molar-refractivity contribution in [1.82, 2.24) is 9.80 Å². The summed E-state index contributed by atoms with van der Waals surface area (Å²) in [5.41, 5.74) is 0.918. The molecule has 5 nitrogen and oxygen atoms in total. The van der Waals surface area contributed by atoms with Crippen LogP contribution in [0.1, 0.15) is 25.7 Å². The van der Waals surface area contributed by atoms with Crippen LogP contribution in [0.4, 0.5) is 10.5 Å². The smallest absolute Gasteiger partial charge is 0.320 e. The molecule has 122 valence electrons. The Hall–Kier alpha value is -2.04. The lowest BCUT2D eigenvalue weighted by atomic mass is 9.86. The maximum absolute atomic E-state index is 12.6. The predicted octanol–water partition coefficient (Wildman–Crippen LogP) is 2.33. The molecule has 3 aliphatic heterocycles. The van der Waals surface area contributed by atoms with Crippen molar-refractivity contribution in [2.45, 2.75) is 25.7 Å². The van der Waals surface area contributed by atoms with Gasteiger partial charge in [-0.15, -0.1) is 0 Å². The highest BCUT2D eigenvalue weighted by atomic mass is 16.2.